The molecule has 0 aliphatic carbocycles. The third-order valence-electron chi connectivity index (χ3n) is 3.99. The molecule has 0 unspecified atom stereocenters. The van der Waals surface area contributed by atoms with Gasteiger partial charge in [0.15, 0.2) is 23.4 Å². The van der Waals surface area contributed by atoms with Crippen LogP contribution in [-0.2, 0) is 24.3 Å². The topological polar surface area (TPSA) is 146 Å². The van der Waals surface area contributed by atoms with Crippen LogP contribution in [0.2, 0.25) is 0 Å². The molecule has 0 fully saturated rings. The lowest BCUT2D eigenvalue weighted by atomic mass is 10.3. The Hall–Kier alpha value is -3.12. The number of rotatable bonds is 7. The monoisotopic (exact) mass is 439 g/mol. The first-order valence-corrected chi connectivity index (χ1v) is 10.6. The Balaban J connectivity index is 1.54. The number of benzene rings is 1. The zero-order valence-electron chi connectivity index (χ0n) is 16.3. The Morgan fingerprint density at radius 1 is 1.20 bits per heavy atom. The number of aromatic nitrogens is 1. The number of amides is 1. The maximum absolute atomic E-state index is 12.5. The second-order valence-electron chi connectivity index (χ2n) is 6.43. The normalized spacial score (nSPS) is 14.5. The minimum absolute atomic E-state index is 0.0910. The first-order chi connectivity index (χ1) is 14.2. The van der Waals surface area contributed by atoms with Crippen molar-refractivity contribution in [3.05, 3.63) is 30.0 Å². The number of hydrogen-bond acceptors (Lipinski definition) is 9. The van der Waals surface area contributed by atoms with Crippen LogP contribution in [0.15, 0.2) is 33.7 Å². The van der Waals surface area contributed by atoms with Crippen LogP contribution in [-0.4, -0.2) is 51.3 Å². The second-order valence-corrected chi connectivity index (χ2v) is 8.19. The molecular weight excluding hydrogens is 418 g/mol. The highest BCUT2D eigenvalue weighted by molar-refractivity contribution is 7.89. The average molecular weight is 439 g/mol. The van der Waals surface area contributed by atoms with Crippen LogP contribution in [0.5, 0.6) is 11.5 Å². The van der Waals surface area contributed by atoms with Crippen molar-refractivity contribution in [2.24, 2.45) is 0 Å². The Bertz CT molecular complexity index is 1030. The molecule has 1 aromatic carbocycles. The highest BCUT2D eigenvalue weighted by Crippen LogP contribution is 2.31. The summed E-state index contributed by atoms with van der Waals surface area (Å²) in [6.45, 7) is 3.23. The maximum atomic E-state index is 12.5. The van der Waals surface area contributed by atoms with E-state index < -0.39 is 34.5 Å². The fraction of sp³-hybridized carbons (Fsp3) is 0.389. The van der Waals surface area contributed by atoms with Crippen molar-refractivity contribution in [3.63, 3.8) is 0 Å². The number of nitrogens with zero attached hydrogens (tertiary/aromatic N) is 1. The minimum atomic E-state index is -4.01. The summed E-state index contributed by atoms with van der Waals surface area (Å²) in [7, 11) is -4.01. The van der Waals surface area contributed by atoms with Gasteiger partial charge >= 0.3 is 5.97 Å². The number of fused-ring (bicyclic) bond motifs is 1. The lowest BCUT2D eigenvalue weighted by molar-refractivity contribution is -0.151. The molecule has 1 aliphatic heterocycles. The molecule has 3 rings (SSSR count). The van der Waals surface area contributed by atoms with Crippen LogP contribution < -0.4 is 19.5 Å². The predicted molar refractivity (Wildman–Crippen MR) is 103 cm³/mol. The molecule has 1 amide bonds. The summed E-state index contributed by atoms with van der Waals surface area (Å²) >= 11 is 0. The molecule has 12 heteroatoms. The third kappa shape index (κ3) is 5.48. The molecule has 0 spiro atoms. The molecule has 2 aromatic rings. The van der Waals surface area contributed by atoms with E-state index in [0.29, 0.717) is 36.9 Å². The molecule has 0 saturated heterocycles. The summed E-state index contributed by atoms with van der Waals surface area (Å²) < 4.78 is 47.8. The standard InChI is InChI=1S/C18H21N3O8S/c1-11-8-16(21-29-11)20-18(23)12(2)28-17(22)10-19-30(24,25)13-4-5-14-15(9-13)27-7-3-6-26-14/h4-5,8-9,12,19H,3,6-7,10H2,1-2H3,(H,20,21,23)/t12-/m1/s1. The van der Waals surface area contributed by atoms with Gasteiger partial charge in [0.2, 0.25) is 10.0 Å². The summed E-state index contributed by atoms with van der Waals surface area (Å²) in [5, 5.41) is 6.01. The van der Waals surface area contributed by atoms with Gasteiger partial charge < -0.3 is 24.1 Å². The van der Waals surface area contributed by atoms with Gasteiger partial charge in [0.05, 0.1) is 18.1 Å². The number of esters is 1. The van der Waals surface area contributed by atoms with Gasteiger partial charge in [-0.25, -0.2) is 8.42 Å². The van der Waals surface area contributed by atoms with E-state index in [1.54, 1.807) is 6.92 Å². The summed E-state index contributed by atoms with van der Waals surface area (Å²) in [4.78, 5) is 23.9. The average Bonchev–Trinajstić information content (AvgIpc) is 2.97. The molecule has 2 heterocycles. The predicted octanol–water partition coefficient (Wildman–Crippen LogP) is 0.993. The van der Waals surface area contributed by atoms with Gasteiger partial charge in [0.1, 0.15) is 12.3 Å². The van der Waals surface area contributed by atoms with E-state index in [-0.39, 0.29) is 10.7 Å². The Morgan fingerprint density at radius 2 is 1.93 bits per heavy atom. The van der Waals surface area contributed by atoms with Crippen LogP contribution >= 0.6 is 0 Å². The van der Waals surface area contributed by atoms with Gasteiger partial charge in [-0.2, -0.15) is 4.72 Å². The Kier molecular flexibility index (Phi) is 6.57. The van der Waals surface area contributed by atoms with E-state index in [1.807, 2.05) is 0 Å². The van der Waals surface area contributed by atoms with Crippen LogP contribution in [0.25, 0.3) is 0 Å². The number of anilines is 1. The molecule has 0 saturated carbocycles. The molecule has 30 heavy (non-hydrogen) atoms. The first-order valence-electron chi connectivity index (χ1n) is 9.07. The largest absolute Gasteiger partial charge is 0.490 e. The van der Waals surface area contributed by atoms with Crippen molar-refractivity contribution in [2.45, 2.75) is 31.3 Å². The van der Waals surface area contributed by atoms with Crippen LogP contribution in [0.4, 0.5) is 5.82 Å². The van der Waals surface area contributed by atoms with Crippen LogP contribution in [0, 0.1) is 6.92 Å². The van der Waals surface area contributed by atoms with Crippen LogP contribution in [0.1, 0.15) is 19.1 Å². The number of ether oxygens (including phenoxy) is 3. The van der Waals surface area contributed by atoms with E-state index >= 15 is 0 Å². The number of sulfonamides is 1. The summed E-state index contributed by atoms with van der Waals surface area (Å²) in [5.41, 5.74) is 0. The van der Waals surface area contributed by atoms with Gasteiger partial charge in [-0.1, -0.05) is 5.16 Å². The SMILES string of the molecule is Cc1cc(NC(=O)[C@@H](C)OC(=O)CNS(=O)(=O)c2ccc3c(c2)OCCCO3)no1. The van der Waals surface area contributed by atoms with Crippen molar-refractivity contribution in [2.75, 3.05) is 25.1 Å². The number of carbonyl (C=O) groups excluding carboxylic acids is 2. The van der Waals surface area contributed by atoms with E-state index in [4.69, 9.17) is 18.7 Å². The quantitative estimate of drug-likeness (QED) is 0.603. The highest BCUT2D eigenvalue weighted by atomic mass is 32.2. The lowest BCUT2D eigenvalue weighted by Gasteiger charge is -2.13. The number of nitrogens with one attached hydrogen (secondary N) is 2. The zero-order chi connectivity index (χ0) is 21.7. The van der Waals surface area contributed by atoms with Gasteiger partial charge in [0.25, 0.3) is 5.91 Å². The smallest absolute Gasteiger partial charge is 0.321 e. The van der Waals surface area contributed by atoms with E-state index in [0.717, 1.165) is 0 Å². The molecule has 11 nitrogen and oxygen atoms in total. The summed E-state index contributed by atoms with van der Waals surface area (Å²) in [6.07, 6.45) is -0.486. The van der Waals surface area contributed by atoms with E-state index in [2.05, 4.69) is 15.2 Å². The van der Waals surface area contributed by atoms with Crippen molar-refractivity contribution < 1.29 is 36.7 Å². The second kappa shape index (κ2) is 9.13. The highest BCUT2D eigenvalue weighted by Gasteiger charge is 2.23. The van der Waals surface area contributed by atoms with Crippen LogP contribution in [0.3, 0.4) is 0 Å². The fourth-order valence-corrected chi connectivity index (χ4v) is 3.48. The number of aryl methyl sites for hydroxylation is 1. The van der Waals surface area contributed by atoms with E-state index in [9.17, 15) is 18.0 Å². The Labute approximate surface area is 172 Å². The van der Waals surface area contributed by atoms with Gasteiger partial charge in [0, 0.05) is 18.6 Å². The van der Waals surface area contributed by atoms with Crippen molar-refractivity contribution in [3.8, 4) is 11.5 Å². The van der Waals surface area contributed by atoms with Crippen molar-refractivity contribution >= 4 is 27.7 Å². The first kappa shape index (κ1) is 21.6. The minimum Gasteiger partial charge on any atom is -0.490 e. The molecule has 0 bridgehead atoms. The van der Waals surface area contributed by atoms with Gasteiger partial charge in [-0.05, 0) is 26.0 Å². The summed E-state index contributed by atoms with van der Waals surface area (Å²) in [6, 6.07) is 5.66. The molecular formula is C18H21N3O8S. The van der Waals surface area contributed by atoms with Gasteiger partial charge in [-0.15, -0.1) is 0 Å². The fourth-order valence-electron chi connectivity index (χ4n) is 2.49. The third-order valence-corrected chi connectivity index (χ3v) is 5.39. The number of hydrogen-bond donors (Lipinski definition) is 2. The lowest BCUT2D eigenvalue weighted by Crippen LogP contribution is -2.35. The Morgan fingerprint density at radius 3 is 2.63 bits per heavy atom. The van der Waals surface area contributed by atoms with E-state index in [1.165, 1.54) is 31.2 Å². The zero-order valence-corrected chi connectivity index (χ0v) is 17.2. The molecule has 1 aliphatic rings. The van der Waals surface area contributed by atoms with Gasteiger partial charge in [-0.3, -0.25) is 9.59 Å². The number of carbonyl (C=O) groups is 2. The molecule has 0 radical (unpaired) electrons. The molecule has 1 aromatic heterocycles. The van der Waals surface area contributed by atoms with Crippen molar-refractivity contribution in [1.29, 1.82) is 0 Å². The molecule has 162 valence electrons. The summed E-state index contributed by atoms with van der Waals surface area (Å²) in [5.74, 6) is -0.122. The maximum Gasteiger partial charge on any atom is 0.321 e. The molecule has 1 atom stereocenters. The van der Waals surface area contributed by atoms with Crippen molar-refractivity contribution in [1.82, 2.24) is 9.88 Å². The molecule has 2 N–H and O–H groups in total.